The van der Waals surface area contributed by atoms with Crippen molar-refractivity contribution in [2.75, 3.05) is 13.1 Å². The minimum absolute atomic E-state index is 0.185. The number of carboxylic acids is 1. The number of alkyl halides is 6. The van der Waals surface area contributed by atoms with Gasteiger partial charge in [0.15, 0.2) is 0 Å². The molecule has 1 heterocycles. The highest BCUT2D eigenvalue weighted by atomic mass is 19.4. The highest BCUT2D eigenvalue weighted by Crippen LogP contribution is 2.30. The Morgan fingerprint density at radius 3 is 2.04 bits per heavy atom. The molecule has 0 unspecified atom stereocenters. The van der Waals surface area contributed by atoms with Crippen LogP contribution >= 0.6 is 0 Å². The van der Waals surface area contributed by atoms with E-state index in [0.29, 0.717) is 12.0 Å². The molecule has 3 nitrogen and oxygen atoms in total. The summed E-state index contributed by atoms with van der Waals surface area (Å²) in [6.07, 6.45) is -6.25. The summed E-state index contributed by atoms with van der Waals surface area (Å²) in [6, 6.07) is 2.57. The first-order valence-corrected chi connectivity index (χ1v) is 6.47. The van der Waals surface area contributed by atoms with Gasteiger partial charge in [-0.15, -0.1) is 0 Å². The summed E-state index contributed by atoms with van der Waals surface area (Å²) in [4.78, 5) is 8.90. The number of benzene rings is 1. The van der Waals surface area contributed by atoms with Crippen LogP contribution in [0, 0.1) is 11.7 Å². The molecule has 1 aliphatic rings. The van der Waals surface area contributed by atoms with Crippen LogP contribution in [0.5, 0.6) is 0 Å². The van der Waals surface area contributed by atoms with Crippen LogP contribution < -0.4 is 5.32 Å². The highest BCUT2D eigenvalue weighted by Gasteiger charge is 2.38. The molecule has 24 heavy (non-hydrogen) atoms. The van der Waals surface area contributed by atoms with E-state index >= 15 is 0 Å². The highest BCUT2D eigenvalue weighted by molar-refractivity contribution is 5.73. The SMILES string of the molecule is Fc1cc(C(F)(F)F)ccc1/C=C/C1CNC1.O=C(O)C(F)(F)F. The zero-order valence-corrected chi connectivity index (χ0v) is 11.9. The molecule has 0 saturated carbocycles. The number of rotatable bonds is 2. The van der Waals surface area contributed by atoms with Crippen LogP contribution in [0.2, 0.25) is 0 Å². The maximum atomic E-state index is 13.4. The fraction of sp³-hybridized carbons (Fsp3) is 0.357. The second-order valence-corrected chi connectivity index (χ2v) is 4.81. The van der Waals surface area contributed by atoms with Gasteiger partial charge in [-0.3, -0.25) is 0 Å². The van der Waals surface area contributed by atoms with E-state index in [1.807, 2.05) is 6.08 Å². The Morgan fingerprint density at radius 1 is 1.17 bits per heavy atom. The zero-order valence-electron chi connectivity index (χ0n) is 11.9. The lowest BCUT2D eigenvalue weighted by atomic mass is 10.0. The van der Waals surface area contributed by atoms with Crippen molar-refractivity contribution in [3.8, 4) is 0 Å². The van der Waals surface area contributed by atoms with E-state index in [0.717, 1.165) is 25.2 Å². The van der Waals surface area contributed by atoms with E-state index < -0.39 is 29.7 Å². The van der Waals surface area contributed by atoms with Gasteiger partial charge in [0.2, 0.25) is 0 Å². The van der Waals surface area contributed by atoms with E-state index in [1.165, 1.54) is 6.08 Å². The van der Waals surface area contributed by atoms with Crippen molar-refractivity contribution < 1.29 is 40.6 Å². The minimum Gasteiger partial charge on any atom is -0.475 e. The van der Waals surface area contributed by atoms with Crippen molar-refractivity contribution in [1.82, 2.24) is 5.32 Å². The van der Waals surface area contributed by atoms with Crippen molar-refractivity contribution in [3.63, 3.8) is 0 Å². The van der Waals surface area contributed by atoms with Gasteiger partial charge in [-0.05, 0) is 12.1 Å². The third-order valence-corrected chi connectivity index (χ3v) is 2.93. The molecular formula is C14H12F7NO2. The Labute approximate surface area is 131 Å². The number of carboxylic acid groups (broad SMARTS) is 1. The van der Waals surface area contributed by atoms with Crippen LogP contribution in [0.3, 0.4) is 0 Å². The first-order chi connectivity index (χ1) is 10.9. The lowest BCUT2D eigenvalue weighted by Gasteiger charge is -2.23. The molecule has 2 N–H and O–H groups in total. The number of hydrogen-bond donors (Lipinski definition) is 2. The summed E-state index contributed by atoms with van der Waals surface area (Å²) in [6.45, 7) is 1.66. The fourth-order valence-electron chi connectivity index (χ4n) is 1.53. The standard InChI is InChI=1S/C12H11F4N.C2HF3O2/c13-11-5-10(12(14,15)16)4-3-9(11)2-1-8-6-17-7-8;3-2(4,5)1(6)7/h1-5,8,17H,6-7H2;(H,6,7)/b2-1+;. The molecule has 134 valence electrons. The predicted molar refractivity (Wildman–Crippen MR) is 70.5 cm³/mol. The van der Waals surface area contributed by atoms with Gasteiger partial charge in [0.1, 0.15) is 5.82 Å². The van der Waals surface area contributed by atoms with E-state index in [4.69, 9.17) is 9.90 Å². The van der Waals surface area contributed by atoms with Gasteiger partial charge in [0, 0.05) is 24.6 Å². The molecule has 0 spiro atoms. The van der Waals surface area contributed by atoms with Crippen LogP contribution in [-0.4, -0.2) is 30.3 Å². The van der Waals surface area contributed by atoms with Gasteiger partial charge in [-0.2, -0.15) is 26.3 Å². The molecule has 0 aromatic heterocycles. The fourth-order valence-corrected chi connectivity index (χ4v) is 1.53. The number of hydrogen-bond acceptors (Lipinski definition) is 2. The second kappa shape index (κ2) is 7.65. The van der Waals surface area contributed by atoms with Crippen LogP contribution in [0.4, 0.5) is 30.7 Å². The van der Waals surface area contributed by atoms with Crippen molar-refractivity contribution in [3.05, 3.63) is 41.2 Å². The molecule has 2 rings (SSSR count). The van der Waals surface area contributed by atoms with Crippen molar-refractivity contribution in [2.24, 2.45) is 5.92 Å². The Balaban J connectivity index is 0.000000351. The molecule has 10 heteroatoms. The number of nitrogens with one attached hydrogen (secondary N) is 1. The van der Waals surface area contributed by atoms with Gasteiger partial charge in [0.05, 0.1) is 5.56 Å². The Bertz CT molecular complexity index is 604. The molecule has 0 bridgehead atoms. The average molecular weight is 359 g/mol. The Hall–Kier alpha value is -2.10. The summed E-state index contributed by atoms with van der Waals surface area (Å²) in [7, 11) is 0. The Morgan fingerprint density at radius 2 is 1.71 bits per heavy atom. The number of aliphatic carboxylic acids is 1. The van der Waals surface area contributed by atoms with E-state index in [1.54, 1.807) is 0 Å². The predicted octanol–water partition coefficient (Wildman–Crippen LogP) is 3.71. The third-order valence-electron chi connectivity index (χ3n) is 2.93. The Kier molecular flexibility index (Phi) is 6.35. The van der Waals surface area contributed by atoms with Crippen molar-refractivity contribution in [1.29, 1.82) is 0 Å². The molecule has 1 aromatic rings. The largest absolute Gasteiger partial charge is 0.490 e. The lowest BCUT2D eigenvalue weighted by molar-refractivity contribution is -0.192. The molecule has 1 aliphatic heterocycles. The van der Waals surface area contributed by atoms with Crippen LogP contribution in [0.15, 0.2) is 24.3 Å². The lowest BCUT2D eigenvalue weighted by Crippen LogP contribution is -2.40. The van der Waals surface area contributed by atoms with E-state index in [9.17, 15) is 30.7 Å². The molecule has 0 aliphatic carbocycles. The molecule has 1 aromatic carbocycles. The average Bonchev–Trinajstić information content (AvgIpc) is 2.37. The summed E-state index contributed by atoms with van der Waals surface area (Å²) in [5, 5.41) is 10.2. The minimum atomic E-state index is -5.08. The molecule has 0 atom stereocenters. The number of halogens is 7. The molecule has 0 amide bonds. The van der Waals surface area contributed by atoms with Crippen molar-refractivity contribution >= 4 is 12.0 Å². The third kappa shape index (κ3) is 6.19. The molecular weight excluding hydrogens is 347 g/mol. The van der Waals surface area contributed by atoms with Gasteiger partial charge in [-0.1, -0.05) is 18.2 Å². The van der Waals surface area contributed by atoms with Gasteiger partial charge < -0.3 is 10.4 Å². The van der Waals surface area contributed by atoms with E-state index in [2.05, 4.69) is 5.32 Å². The first kappa shape index (κ1) is 19.9. The molecule has 1 saturated heterocycles. The monoisotopic (exact) mass is 359 g/mol. The van der Waals surface area contributed by atoms with Gasteiger partial charge in [0.25, 0.3) is 0 Å². The molecule has 0 radical (unpaired) electrons. The van der Waals surface area contributed by atoms with Gasteiger partial charge >= 0.3 is 18.3 Å². The van der Waals surface area contributed by atoms with E-state index in [-0.39, 0.29) is 5.56 Å². The smallest absolute Gasteiger partial charge is 0.475 e. The second-order valence-electron chi connectivity index (χ2n) is 4.81. The number of carbonyl (C=O) groups is 1. The van der Waals surface area contributed by atoms with Gasteiger partial charge in [-0.25, -0.2) is 9.18 Å². The normalized spacial score (nSPS) is 15.6. The van der Waals surface area contributed by atoms with Crippen molar-refractivity contribution in [2.45, 2.75) is 12.4 Å². The summed E-state index contributed by atoms with van der Waals surface area (Å²) < 4.78 is 82.0. The zero-order chi connectivity index (χ0) is 18.5. The summed E-state index contributed by atoms with van der Waals surface area (Å²) in [5.41, 5.74) is -0.776. The maximum absolute atomic E-state index is 13.4. The van der Waals surface area contributed by atoms with Crippen LogP contribution in [0.1, 0.15) is 11.1 Å². The summed E-state index contributed by atoms with van der Waals surface area (Å²) in [5.74, 6) is -3.26. The maximum Gasteiger partial charge on any atom is 0.490 e. The van der Waals surface area contributed by atoms with Crippen LogP contribution in [0.25, 0.3) is 6.08 Å². The topological polar surface area (TPSA) is 49.3 Å². The molecule has 1 fully saturated rings. The quantitative estimate of drug-likeness (QED) is 0.792. The summed E-state index contributed by atoms with van der Waals surface area (Å²) >= 11 is 0. The van der Waals surface area contributed by atoms with Crippen LogP contribution in [-0.2, 0) is 11.0 Å². The first-order valence-electron chi connectivity index (χ1n) is 6.47.